The molecule has 1 N–H and O–H groups in total. The molecule has 0 unspecified atom stereocenters. The molecule has 0 atom stereocenters. The Balaban J connectivity index is 1.77. The van der Waals surface area contributed by atoms with Crippen LogP contribution in [0.1, 0.15) is 36.2 Å². The molecular formula is C19H22FN3O3S. The summed E-state index contributed by atoms with van der Waals surface area (Å²) in [5.74, 6) is -0.726. The summed E-state index contributed by atoms with van der Waals surface area (Å²) in [6.45, 7) is 5.25. The fourth-order valence-corrected chi connectivity index (χ4v) is 4.44. The van der Waals surface area contributed by atoms with E-state index < -0.39 is 17.2 Å². The van der Waals surface area contributed by atoms with Crippen molar-refractivity contribution in [1.29, 1.82) is 0 Å². The third-order valence-corrected chi connectivity index (χ3v) is 6.15. The molecule has 6 nitrogen and oxygen atoms in total. The molecule has 1 aromatic carbocycles. The molecule has 1 saturated carbocycles. The van der Waals surface area contributed by atoms with E-state index in [9.17, 15) is 19.1 Å². The third kappa shape index (κ3) is 3.43. The largest absolute Gasteiger partial charge is 0.477 e. The van der Waals surface area contributed by atoms with Crippen LogP contribution in [0.25, 0.3) is 10.9 Å². The highest BCUT2D eigenvalue weighted by molar-refractivity contribution is 7.96. The van der Waals surface area contributed by atoms with E-state index >= 15 is 0 Å². The average Bonchev–Trinajstić information content (AvgIpc) is 3.48. The Bertz CT molecular complexity index is 949. The van der Waals surface area contributed by atoms with Gasteiger partial charge in [0.05, 0.1) is 11.2 Å². The minimum atomic E-state index is -1.27. The Hall–Kier alpha value is -2.06. The maximum absolute atomic E-state index is 14.9. The Kier molecular flexibility index (Phi) is 4.86. The van der Waals surface area contributed by atoms with E-state index in [0.29, 0.717) is 11.2 Å². The van der Waals surface area contributed by atoms with E-state index in [0.717, 1.165) is 44.8 Å². The molecule has 144 valence electrons. The van der Waals surface area contributed by atoms with Gasteiger partial charge in [0, 0.05) is 49.6 Å². The van der Waals surface area contributed by atoms with Gasteiger partial charge in [0.1, 0.15) is 11.4 Å². The van der Waals surface area contributed by atoms with Crippen molar-refractivity contribution in [3.8, 4) is 0 Å². The van der Waals surface area contributed by atoms with Crippen LogP contribution in [0.5, 0.6) is 0 Å². The molecule has 0 spiro atoms. The van der Waals surface area contributed by atoms with Crippen molar-refractivity contribution in [1.82, 2.24) is 8.87 Å². The van der Waals surface area contributed by atoms with Gasteiger partial charge in [-0.1, -0.05) is 18.9 Å². The topological polar surface area (TPSA) is 65.8 Å². The maximum Gasteiger partial charge on any atom is 0.341 e. The highest BCUT2D eigenvalue weighted by Crippen LogP contribution is 2.38. The summed E-state index contributed by atoms with van der Waals surface area (Å²) < 4.78 is 19.0. The zero-order valence-electron chi connectivity index (χ0n) is 15.2. The first-order valence-electron chi connectivity index (χ1n) is 9.24. The quantitative estimate of drug-likeness (QED) is 0.791. The number of carboxylic acid groups (broad SMARTS) is 1. The number of benzene rings is 1. The van der Waals surface area contributed by atoms with E-state index in [1.165, 1.54) is 12.3 Å². The lowest BCUT2D eigenvalue weighted by Gasteiger charge is -2.35. The molecular weight excluding hydrogens is 369 g/mol. The second kappa shape index (κ2) is 7.16. The molecule has 4 rings (SSSR count). The molecule has 2 aromatic rings. The zero-order valence-corrected chi connectivity index (χ0v) is 16.0. The zero-order chi connectivity index (χ0) is 19.1. The number of nitrogens with zero attached hydrogens (tertiary/aromatic N) is 3. The van der Waals surface area contributed by atoms with Crippen molar-refractivity contribution in [2.75, 3.05) is 36.8 Å². The van der Waals surface area contributed by atoms with E-state index in [4.69, 9.17) is 0 Å². The average molecular weight is 391 g/mol. The number of carboxylic acids is 1. The van der Waals surface area contributed by atoms with Crippen molar-refractivity contribution >= 4 is 34.5 Å². The van der Waals surface area contributed by atoms with Crippen molar-refractivity contribution in [2.24, 2.45) is 0 Å². The van der Waals surface area contributed by atoms with Gasteiger partial charge < -0.3 is 14.6 Å². The number of rotatable bonds is 5. The molecule has 1 saturated heterocycles. The van der Waals surface area contributed by atoms with E-state index in [1.807, 2.05) is 9.47 Å². The second-order valence-corrected chi connectivity index (χ2v) is 8.32. The van der Waals surface area contributed by atoms with Crippen LogP contribution in [-0.2, 0) is 0 Å². The lowest BCUT2D eigenvalue weighted by Crippen LogP contribution is -2.44. The number of aromatic nitrogens is 1. The molecule has 2 heterocycles. The minimum absolute atomic E-state index is 0.142. The van der Waals surface area contributed by atoms with Crippen LogP contribution in [0.3, 0.4) is 0 Å². The van der Waals surface area contributed by atoms with E-state index in [1.54, 1.807) is 18.0 Å². The molecule has 1 aliphatic heterocycles. The number of carbonyl (C=O) groups is 1. The SMILES string of the molecule is CCSN1CCN(c2cc3c(cc2F)c(=O)c(C(=O)O)cn3C2CC2)CC1. The number of aromatic carboxylic acids is 1. The van der Waals surface area contributed by atoms with Crippen molar-refractivity contribution in [3.05, 3.63) is 39.9 Å². The summed E-state index contributed by atoms with van der Waals surface area (Å²) in [6.07, 6.45) is 3.30. The fourth-order valence-electron chi connectivity index (χ4n) is 3.65. The second-order valence-electron chi connectivity index (χ2n) is 6.97. The van der Waals surface area contributed by atoms with Gasteiger partial charge in [-0.25, -0.2) is 13.5 Å². The van der Waals surface area contributed by atoms with E-state index in [2.05, 4.69) is 11.2 Å². The summed E-state index contributed by atoms with van der Waals surface area (Å²) in [5.41, 5.74) is 0.186. The summed E-state index contributed by atoms with van der Waals surface area (Å²) in [5, 5.41) is 9.47. The number of hydrogen-bond acceptors (Lipinski definition) is 5. The first-order valence-corrected chi connectivity index (χ1v) is 10.2. The Morgan fingerprint density at radius 2 is 1.96 bits per heavy atom. The Morgan fingerprint density at radius 3 is 2.56 bits per heavy atom. The van der Waals surface area contributed by atoms with Gasteiger partial charge in [0.25, 0.3) is 0 Å². The fraction of sp³-hybridized carbons (Fsp3) is 0.474. The number of anilines is 1. The molecule has 0 bridgehead atoms. The molecule has 2 aliphatic rings. The number of halogens is 1. The van der Waals surface area contributed by atoms with Gasteiger partial charge >= 0.3 is 5.97 Å². The van der Waals surface area contributed by atoms with E-state index in [-0.39, 0.29) is 17.0 Å². The van der Waals surface area contributed by atoms with Crippen molar-refractivity contribution in [3.63, 3.8) is 0 Å². The Labute approximate surface area is 160 Å². The summed E-state index contributed by atoms with van der Waals surface area (Å²) in [6, 6.07) is 3.12. The summed E-state index contributed by atoms with van der Waals surface area (Å²) >= 11 is 1.79. The molecule has 8 heteroatoms. The van der Waals surface area contributed by atoms with Crippen LogP contribution in [-0.4, -0.2) is 51.9 Å². The molecule has 0 radical (unpaired) electrons. The first-order chi connectivity index (χ1) is 13.0. The highest BCUT2D eigenvalue weighted by Gasteiger charge is 2.28. The summed E-state index contributed by atoms with van der Waals surface area (Å²) in [4.78, 5) is 26.0. The van der Waals surface area contributed by atoms with Crippen LogP contribution in [0.15, 0.2) is 23.1 Å². The maximum atomic E-state index is 14.9. The van der Waals surface area contributed by atoms with Crippen molar-refractivity contribution < 1.29 is 14.3 Å². The predicted molar refractivity (Wildman–Crippen MR) is 105 cm³/mol. The molecule has 2 fully saturated rings. The van der Waals surface area contributed by atoms with Crippen LogP contribution in [0.4, 0.5) is 10.1 Å². The van der Waals surface area contributed by atoms with Crippen LogP contribution < -0.4 is 10.3 Å². The highest BCUT2D eigenvalue weighted by atomic mass is 32.2. The standard InChI is InChI=1S/C19H22FN3O3S/c1-2-27-22-7-5-21(6-8-22)17-10-16-13(9-15(17)20)18(24)14(19(25)26)11-23(16)12-3-4-12/h9-12H,2-8H2,1H3,(H,25,26). The monoisotopic (exact) mass is 391 g/mol. The Morgan fingerprint density at radius 1 is 1.26 bits per heavy atom. The van der Waals surface area contributed by atoms with Crippen LogP contribution >= 0.6 is 11.9 Å². The van der Waals surface area contributed by atoms with Gasteiger partial charge in [0.2, 0.25) is 5.43 Å². The minimum Gasteiger partial charge on any atom is -0.477 e. The normalized spacial score (nSPS) is 18.2. The van der Waals surface area contributed by atoms with Gasteiger partial charge in [-0.2, -0.15) is 0 Å². The number of pyridine rings is 1. The third-order valence-electron chi connectivity index (χ3n) is 5.16. The van der Waals surface area contributed by atoms with Gasteiger partial charge in [0.15, 0.2) is 0 Å². The first kappa shape index (κ1) is 18.3. The van der Waals surface area contributed by atoms with Crippen LogP contribution in [0.2, 0.25) is 0 Å². The molecule has 0 amide bonds. The smallest absolute Gasteiger partial charge is 0.341 e. The van der Waals surface area contributed by atoms with Gasteiger partial charge in [-0.05, 0) is 25.0 Å². The van der Waals surface area contributed by atoms with Crippen LogP contribution in [0, 0.1) is 5.82 Å². The predicted octanol–water partition coefficient (Wildman–Crippen LogP) is 2.96. The molecule has 1 aromatic heterocycles. The molecule has 27 heavy (non-hydrogen) atoms. The lowest BCUT2D eigenvalue weighted by molar-refractivity contribution is 0.0695. The van der Waals surface area contributed by atoms with Gasteiger partial charge in [-0.15, -0.1) is 0 Å². The summed E-state index contributed by atoms with van der Waals surface area (Å²) in [7, 11) is 0. The molecule has 1 aliphatic carbocycles. The number of fused-ring (bicyclic) bond motifs is 1. The number of piperazine rings is 1. The van der Waals surface area contributed by atoms with Gasteiger partial charge in [-0.3, -0.25) is 4.79 Å². The van der Waals surface area contributed by atoms with Crippen molar-refractivity contribution in [2.45, 2.75) is 25.8 Å². The lowest BCUT2D eigenvalue weighted by atomic mass is 10.1. The number of hydrogen-bond donors (Lipinski definition) is 1.